The smallest absolute Gasteiger partial charge is 0.142 e. The molecule has 1 atom stereocenters. The Bertz CT molecular complexity index is 417. The summed E-state index contributed by atoms with van der Waals surface area (Å²) < 4.78 is 5.75. The van der Waals surface area contributed by atoms with E-state index < -0.39 is 0 Å². The van der Waals surface area contributed by atoms with Crippen molar-refractivity contribution in [1.29, 1.82) is 0 Å². The van der Waals surface area contributed by atoms with Crippen LogP contribution in [0.15, 0.2) is 24.3 Å². The van der Waals surface area contributed by atoms with Crippen molar-refractivity contribution in [2.45, 2.75) is 33.2 Å². The lowest BCUT2D eigenvalue weighted by molar-refractivity contribution is 0.214. The van der Waals surface area contributed by atoms with Crippen molar-refractivity contribution in [3.63, 3.8) is 0 Å². The van der Waals surface area contributed by atoms with E-state index in [9.17, 15) is 0 Å². The molecule has 0 saturated carbocycles. The van der Waals surface area contributed by atoms with Crippen molar-refractivity contribution in [2.75, 3.05) is 31.6 Å². The molecule has 0 aliphatic carbocycles. The number of ether oxygens (including phenoxy) is 1. The molecule has 0 radical (unpaired) electrons. The third-order valence-corrected chi connectivity index (χ3v) is 4.08. The lowest BCUT2D eigenvalue weighted by Crippen LogP contribution is -2.53. The predicted octanol–water partition coefficient (Wildman–Crippen LogP) is 2.91. The van der Waals surface area contributed by atoms with Crippen LogP contribution in [0.25, 0.3) is 0 Å². The molecule has 1 aliphatic rings. The Morgan fingerprint density at radius 1 is 1.37 bits per heavy atom. The highest BCUT2D eigenvalue weighted by molar-refractivity contribution is 5.59. The van der Waals surface area contributed by atoms with Crippen molar-refractivity contribution in [3.8, 4) is 5.75 Å². The normalized spacial score (nSPS) is 22.3. The van der Waals surface area contributed by atoms with Gasteiger partial charge in [-0.3, -0.25) is 0 Å². The molecule has 1 fully saturated rings. The summed E-state index contributed by atoms with van der Waals surface area (Å²) in [7, 11) is 2.07. The Morgan fingerprint density at radius 3 is 2.74 bits per heavy atom. The van der Waals surface area contributed by atoms with Crippen molar-refractivity contribution in [3.05, 3.63) is 24.3 Å². The Labute approximate surface area is 116 Å². The summed E-state index contributed by atoms with van der Waals surface area (Å²) in [6.45, 7) is 9.57. The second-order valence-corrected chi connectivity index (χ2v) is 5.94. The molecule has 1 N–H and O–H groups in total. The standard InChI is InChI=1S/C16H26N2O/c1-5-19-14-9-7-6-8-13(14)18-11-10-15(17-4)16(2,3)12-18/h6-9,15,17H,5,10-12H2,1-4H3. The van der Waals surface area contributed by atoms with E-state index in [0.717, 1.165) is 18.8 Å². The average molecular weight is 262 g/mol. The number of hydrogen-bond acceptors (Lipinski definition) is 3. The minimum atomic E-state index is 0.270. The lowest BCUT2D eigenvalue weighted by Gasteiger charge is -2.45. The molecular weight excluding hydrogens is 236 g/mol. The van der Waals surface area contributed by atoms with Gasteiger partial charge in [-0.15, -0.1) is 0 Å². The number of rotatable bonds is 4. The van der Waals surface area contributed by atoms with Crippen LogP contribution in [0.2, 0.25) is 0 Å². The predicted molar refractivity (Wildman–Crippen MR) is 81.1 cm³/mol. The fraction of sp³-hybridized carbons (Fsp3) is 0.625. The Morgan fingerprint density at radius 2 is 2.11 bits per heavy atom. The molecule has 19 heavy (non-hydrogen) atoms. The topological polar surface area (TPSA) is 24.5 Å². The number of nitrogens with zero attached hydrogens (tertiary/aromatic N) is 1. The molecule has 1 heterocycles. The van der Waals surface area contributed by atoms with Gasteiger partial charge in [0.05, 0.1) is 12.3 Å². The number of anilines is 1. The minimum absolute atomic E-state index is 0.270. The summed E-state index contributed by atoms with van der Waals surface area (Å²) >= 11 is 0. The summed E-state index contributed by atoms with van der Waals surface area (Å²) in [5.41, 5.74) is 1.50. The quantitative estimate of drug-likeness (QED) is 0.903. The second-order valence-electron chi connectivity index (χ2n) is 5.94. The van der Waals surface area contributed by atoms with Crippen molar-refractivity contribution in [1.82, 2.24) is 5.32 Å². The van der Waals surface area contributed by atoms with E-state index in [1.54, 1.807) is 0 Å². The fourth-order valence-corrected chi connectivity index (χ4v) is 3.09. The van der Waals surface area contributed by atoms with Gasteiger partial charge in [-0.1, -0.05) is 26.0 Å². The SMILES string of the molecule is CCOc1ccccc1N1CCC(NC)C(C)(C)C1. The number of benzene rings is 1. The first-order valence-electron chi connectivity index (χ1n) is 7.22. The molecule has 1 aromatic rings. The zero-order valence-electron chi connectivity index (χ0n) is 12.6. The van der Waals surface area contributed by atoms with Crippen molar-refractivity contribution < 1.29 is 4.74 Å². The van der Waals surface area contributed by atoms with E-state index >= 15 is 0 Å². The van der Waals surface area contributed by atoms with Gasteiger partial charge >= 0.3 is 0 Å². The van der Waals surface area contributed by atoms with Crippen molar-refractivity contribution in [2.24, 2.45) is 5.41 Å². The monoisotopic (exact) mass is 262 g/mol. The van der Waals surface area contributed by atoms with Crippen LogP contribution in [0.4, 0.5) is 5.69 Å². The van der Waals surface area contributed by atoms with E-state index in [0.29, 0.717) is 12.6 Å². The largest absolute Gasteiger partial charge is 0.492 e. The molecule has 3 nitrogen and oxygen atoms in total. The molecule has 0 aromatic heterocycles. The first-order chi connectivity index (χ1) is 9.08. The van der Waals surface area contributed by atoms with Crippen LogP contribution in [0.5, 0.6) is 5.75 Å². The van der Waals surface area contributed by atoms with Crippen LogP contribution in [-0.4, -0.2) is 32.8 Å². The maximum absolute atomic E-state index is 5.75. The van der Waals surface area contributed by atoms with Gasteiger partial charge in [0.15, 0.2) is 0 Å². The maximum Gasteiger partial charge on any atom is 0.142 e. The highest BCUT2D eigenvalue weighted by Crippen LogP contribution is 2.36. The van der Waals surface area contributed by atoms with E-state index in [2.05, 4.69) is 49.3 Å². The van der Waals surface area contributed by atoms with Gasteiger partial charge in [-0.25, -0.2) is 0 Å². The summed E-state index contributed by atoms with van der Waals surface area (Å²) in [4.78, 5) is 2.46. The van der Waals surface area contributed by atoms with Gasteiger partial charge in [0.25, 0.3) is 0 Å². The molecule has 3 heteroatoms. The number of hydrogen-bond donors (Lipinski definition) is 1. The van der Waals surface area contributed by atoms with Crippen LogP contribution >= 0.6 is 0 Å². The van der Waals surface area contributed by atoms with Gasteiger partial charge < -0.3 is 15.0 Å². The van der Waals surface area contributed by atoms with Gasteiger partial charge in [0, 0.05) is 19.1 Å². The van der Waals surface area contributed by atoms with Gasteiger partial charge in [-0.2, -0.15) is 0 Å². The molecule has 0 spiro atoms. The Kier molecular flexibility index (Phi) is 4.35. The summed E-state index contributed by atoms with van der Waals surface area (Å²) in [5.74, 6) is 1.00. The third-order valence-electron chi connectivity index (χ3n) is 4.08. The number of nitrogens with one attached hydrogen (secondary N) is 1. The van der Waals surface area contributed by atoms with Gasteiger partial charge in [0.1, 0.15) is 5.75 Å². The van der Waals surface area contributed by atoms with Gasteiger partial charge in [0.2, 0.25) is 0 Å². The van der Waals surface area contributed by atoms with Crippen LogP contribution < -0.4 is 15.0 Å². The summed E-state index contributed by atoms with van der Waals surface area (Å²) in [6, 6.07) is 8.95. The second kappa shape index (κ2) is 5.83. The fourth-order valence-electron chi connectivity index (χ4n) is 3.09. The molecule has 0 bridgehead atoms. The van der Waals surface area contributed by atoms with E-state index in [4.69, 9.17) is 4.74 Å². The van der Waals surface area contributed by atoms with Crippen LogP contribution in [0.3, 0.4) is 0 Å². The first kappa shape index (κ1) is 14.2. The molecular formula is C16H26N2O. The molecule has 2 rings (SSSR count). The number of piperidine rings is 1. The third kappa shape index (κ3) is 3.03. The van der Waals surface area contributed by atoms with Crippen molar-refractivity contribution >= 4 is 5.69 Å². The first-order valence-corrected chi connectivity index (χ1v) is 7.22. The molecule has 1 saturated heterocycles. The molecule has 1 aromatic carbocycles. The molecule has 106 valence electrons. The van der Waals surface area contributed by atoms with Gasteiger partial charge in [-0.05, 0) is 37.9 Å². The molecule has 1 aliphatic heterocycles. The highest BCUT2D eigenvalue weighted by Gasteiger charge is 2.35. The van der Waals surface area contributed by atoms with Crippen LogP contribution in [-0.2, 0) is 0 Å². The van der Waals surface area contributed by atoms with Crippen LogP contribution in [0.1, 0.15) is 27.2 Å². The van der Waals surface area contributed by atoms with Crippen LogP contribution in [0, 0.1) is 5.41 Å². The zero-order valence-corrected chi connectivity index (χ0v) is 12.6. The molecule has 1 unspecified atom stereocenters. The minimum Gasteiger partial charge on any atom is -0.492 e. The van der Waals surface area contributed by atoms with E-state index in [1.807, 2.05) is 13.0 Å². The summed E-state index contributed by atoms with van der Waals surface area (Å²) in [5, 5.41) is 3.45. The summed E-state index contributed by atoms with van der Waals surface area (Å²) in [6.07, 6.45) is 1.17. The van der Waals surface area contributed by atoms with E-state index in [1.165, 1.54) is 12.1 Å². The van der Waals surface area contributed by atoms with E-state index in [-0.39, 0.29) is 5.41 Å². The highest BCUT2D eigenvalue weighted by atomic mass is 16.5. The maximum atomic E-state index is 5.75. The molecule has 0 amide bonds. The average Bonchev–Trinajstić information content (AvgIpc) is 2.38. The number of para-hydroxylation sites is 2. The lowest BCUT2D eigenvalue weighted by atomic mass is 9.79. The Balaban J connectivity index is 2.19. The zero-order chi connectivity index (χ0) is 13.9. The Hall–Kier alpha value is -1.22.